The Balaban J connectivity index is 1.96. The Kier molecular flexibility index (Phi) is 4.34. The van der Waals surface area contributed by atoms with E-state index in [4.69, 9.17) is 0 Å². The summed E-state index contributed by atoms with van der Waals surface area (Å²) in [5.41, 5.74) is 1.00. The molecule has 112 valence electrons. The fraction of sp³-hybridized carbons (Fsp3) is 0.529. The molecular formula is C17H24N4. The molecule has 0 saturated carbocycles. The van der Waals surface area contributed by atoms with E-state index in [1.165, 1.54) is 23.6 Å². The molecule has 2 heterocycles. The fourth-order valence-corrected chi connectivity index (χ4v) is 3.19. The molecule has 1 unspecified atom stereocenters. The Morgan fingerprint density at radius 1 is 1.24 bits per heavy atom. The molecule has 1 saturated heterocycles. The topological polar surface area (TPSA) is 41.0 Å². The number of aromatic nitrogens is 2. The Bertz CT molecular complexity index is 605. The molecule has 0 radical (unpaired) electrons. The molecular weight excluding hydrogens is 260 g/mol. The normalized spacial score (nSPS) is 18.3. The summed E-state index contributed by atoms with van der Waals surface area (Å²) < 4.78 is 0. The first-order chi connectivity index (χ1) is 10.3. The second-order valence-electron chi connectivity index (χ2n) is 5.89. The third-order valence-corrected chi connectivity index (χ3v) is 4.25. The zero-order chi connectivity index (χ0) is 14.7. The number of hydrogen-bond donors (Lipinski definition) is 1. The minimum atomic E-state index is 0.582. The van der Waals surface area contributed by atoms with E-state index in [1.54, 1.807) is 0 Å². The van der Waals surface area contributed by atoms with E-state index >= 15 is 0 Å². The molecule has 1 aliphatic heterocycles. The Labute approximate surface area is 126 Å². The number of rotatable bonds is 5. The molecule has 2 aromatic rings. The highest BCUT2D eigenvalue weighted by Crippen LogP contribution is 2.26. The van der Waals surface area contributed by atoms with Crippen LogP contribution in [0.3, 0.4) is 0 Å². The third-order valence-electron chi connectivity index (χ3n) is 4.25. The van der Waals surface area contributed by atoms with Crippen molar-refractivity contribution in [1.82, 2.24) is 15.5 Å². The number of hydrogen-bond acceptors (Lipinski definition) is 4. The molecule has 0 amide bonds. The number of nitrogens with zero attached hydrogens (tertiary/aromatic N) is 3. The van der Waals surface area contributed by atoms with Crippen molar-refractivity contribution in [3.05, 3.63) is 30.0 Å². The van der Waals surface area contributed by atoms with Crippen LogP contribution in [-0.4, -0.2) is 35.9 Å². The van der Waals surface area contributed by atoms with Gasteiger partial charge in [-0.1, -0.05) is 31.2 Å². The molecule has 0 spiro atoms. The lowest BCUT2D eigenvalue weighted by molar-refractivity contribution is 0.574. The molecule has 1 aromatic heterocycles. The molecule has 21 heavy (non-hydrogen) atoms. The lowest BCUT2D eigenvalue weighted by Gasteiger charge is -2.27. The molecule has 1 aromatic carbocycles. The van der Waals surface area contributed by atoms with Crippen LogP contribution in [0, 0.1) is 6.92 Å². The van der Waals surface area contributed by atoms with Gasteiger partial charge in [-0.2, -0.15) is 5.10 Å². The first-order valence-corrected chi connectivity index (χ1v) is 8.00. The van der Waals surface area contributed by atoms with E-state index in [-0.39, 0.29) is 0 Å². The summed E-state index contributed by atoms with van der Waals surface area (Å²) in [5, 5.41) is 14.9. The number of nitrogens with one attached hydrogen (secondary N) is 1. The number of anilines is 1. The number of benzene rings is 1. The zero-order valence-electron chi connectivity index (χ0n) is 13.0. The maximum Gasteiger partial charge on any atom is 0.159 e. The summed E-state index contributed by atoms with van der Waals surface area (Å²) in [5.74, 6) is 1.03. The van der Waals surface area contributed by atoms with Crippen LogP contribution in [0.5, 0.6) is 0 Å². The highest BCUT2D eigenvalue weighted by molar-refractivity contribution is 5.93. The van der Waals surface area contributed by atoms with Crippen molar-refractivity contribution in [2.24, 2.45) is 0 Å². The average molecular weight is 284 g/mol. The molecule has 0 bridgehead atoms. The Morgan fingerprint density at radius 3 is 2.76 bits per heavy atom. The molecule has 1 N–H and O–H groups in total. The predicted molar refractivity (Wildman–Crippen MR) is 87.8 cm³/mol. The molecule has 1 aliphatic rings. The first-order valence-electron chi connectivity index (χ1n) is 8.00. The van der Waals surface area contributed by atoms with Gasteiger partial charge in [-0.25, -0.2) is 0 Å². The van der Waals surface area contributed by atoms with Crippen molar-refractivity contribution in [2.45, 2.75) is 39.2 Å². The van der Waals surface area contributed by atoms with E-state index in [1.807, 2.05) is 6.92 Å². The summed E-state index contributed by atoms with van der Waals surface area (Å²) in [6.45, 7) is 7.45. The molecule has 1 atom stereocenters. The smallest absolute Gasteiger partial charge is 0.159 e. The van der Waals surface area contributed by atoms with Crippen molar-refractivity contribution >= 4 is 16.6 Å². The van der Waals surface area contributed by atoms with Crippen LogP contribution in [-0.2, 0) is 0 Å². The SMILES string of the molecule is CCCN(CC1CCCN1)c1nnc(C)c2ccccc12. The average Bonchev–Trinajstić information content (AvgIpc) is 3.01. The van der Waals surface area contributed by atoms with Gasteiger partial charge in [0.25, 0.3) is 0 Å². The van der Waals surface area contributed by atoms with Gasteiger partial charge in [0.05, 0.1) is 5.69 Å². The van der Waals surface area contributed by atoms with Gasteiger partial charge in [0, 0.05) is 29.9 Å². The largest absolute Gasteiger partial charge is 0.353 e. The lowest BCUT2D eigenvalue weighted by atomic mass is 10.1. The van der Waals surface area contributed by atoms with Crippen LogP contribution in [0.2, 0.25) is 0 Å². The summed E-state index contributed by atoms with van der Waals surface area (Å²) in [6.07, 6.45) is 3.67. The van der Waals surface area contributed by atoms with Crippen LogP contribution in [0.1, 0.15) is 31.9 Å². The van der Waals surface area contributed by atoms with E-state index in [0.717, 1.165) is 37.6 Å². The van der Waals surface area contributed by atoms with E-state index in [9.17, 15) is 0 Å². The molecule has 4 nitrogen and oxygen atoms in total. The molecule has 3 rings (SSSR count). The fourth-order valence-electron chi connectivity index (χ4n) is 3.19. The minimum Gasteiger partial charge on any atom is -0.353 e. The molecule has 1 fully saturated rings. The quantitative estimate of drug-likeness (QED) is 0.916. The van der Waals surface area contributed by atoms with Gasteiger partial charge in [0.1, 0.15) is 0 Å². The van der Waals surface area contributed by atoms with Gasteiger partial charge in [0.15, 0.2) is 5.82 Å². The lowest BCUT2D eigenvalue weighted by Crippen LogP contribution is -2.38. The standard InChI is InChI=1S/C17H24N4/c1-3-11-21(12-14-7-6-10-18-14)17-16-9-5-4-8-15(16)13(2)19-20-17/h4-5,8-9,14,18H,3,6-7,10-12H2,1-2H3. The van der Waals surface area contributed by atoms with Crippen molar-refractivity contribution in [3.8, 4) is 0 Å². The Morgan fingerprint density at radius 2 is 2.05 bits per heavy atom. The van der Waals surface area contributed by atoms with Crippen LogP contribution >= 0.6 is 0 Å². The summed E-state index contributed by atoms with van der Waals surface area (Å²) in [6, 6.07) is 9.05. The van der Waals surface area contributed by atoms with Gasteiger partial charge in [-0.3, -0.25) is 0 Å². The van der Waals surface area contributed by atoms with Gasteiger partial charge in [-0.05, 0) is 32.7 Å². The maximum absolute atomic E-state index is 4.52. The second-order valence-corrected chi connectivity index (χ2v) is 5.89. The van der Waals surface area contributed by atoms with Crippen LogP contribution in [0.4, 0.5) is 5.82 Å². The maximum atomic E-state index is 4.52. The van der Waals surface area contributed by atoms with Crippen LogP contribution in [0.15, 0.2) is 24.3 Å². The second kappa shape index (κ2) is 6.39. The van der Waals surface area contributed by atoms with Gasteiger partial charge < -0.3 is 10.2 Å². The van der Waals surface area contributed by atoms with Crippen molar-refractivity contribution in [1.29, 1.82) is 0 Å². The number of aryl methyl sites for hydroxylation is 1. The first kappa shape index (κ1) is 14.3. The molecule has 0 aliphatic carbocycles. The summed E-state index contributed by atoms with van der Waals surface area (Å²) in [7, 11) is 0. The van der Waals surface area contributed by atoms with Gasteiger partial charge in [0.2, 0.25) is 0 Å². The van der Waals surface area contributed by atoms with E-state index < -0.39 is 0 Å². The van der Waals surface area contributed by atoms with Gasteiger partial charge in [-0.15, -0.1) is 5.10 Å². The Hall–Kier alpha value is -1.68. The highest BCUT2D eigenvalue weighted by atomic mass is 15.3. The van der Waals surface area contributed by atoms with Gasteiger partial charge >= 0.3 is 0 Å². The monoisotopic (exact) mass is 284 g/mol. The zero-order valence-corrected chi connectivity index (χ0v) is 13.0. The number of fused-ring (bicyclic) bond motifs is 1. The van der Waals surface area contributed by atoms with Crippen LogP contribution in [0.25, 0.3) is 10.8 Å². The van der Waals surface area contributed by atoms with Crippen molar-refractivity contribution < 1.29 is 0 Å². The summed E-state index contributed by atoms with van der Waals surface area (Å²) >= 11 is 0. The predicted octanol–water partition coefficient (Wildman–Crippen LogP) is 2.91. The van der Waals surface area contributed by atoms with E-state index in [0.29, 0.717) is 6.04 Å². The minimum absolute atomic E-state index is 0.582. The highest BCUT2D eigenvalue weighted by Gasteiger charge is 2.20. The molecule has 4 heteroatoms. The van der Waals surface area contributed by atoms with Crippen molar-refractivity contribution in [2.75, 3.05) is 24.5 Å². The van der Waals surface area contributed by atoms with E-state index in [2.05, 4.69) is 51.6 Å². The third kappa shape index (κ3) is 3.00. The van der Waals surface area contributed by atoms with Crippen molar-refractivity contribution in [3.63, 3.8) is 0 Å². The summed E-state index contributed by atoms with van der Waals surface area (Å²) in [4.78, 5) is 2.40. The van der Waals surface area contributed by atoms with Crippen LogP contribution < -0.4 is 10.2 Å².